The first-order valence-electron chi connectivity index (χ1n) is 5.30. The van der Waals surface area contributed by atoms with E-state index in [1.807, 2.05) is 0 Å². The third kappa shape index (κ3) is 2.31. The van der Waals surface area contributed by atoms with Crippen LogP contribution < -0.4 is 4.74 Å². The van der Waals surface area contributed by atoms with E-state index in [-0.39, 0.29) is 18.7 Å². The van der Waals surface area contributed by atoms with E-state index in [1.165, 1.54) is 25.3 Å². The Bertz CT molecular complexity index is 585. The van der Waals surface area contributed by atoms with Gasteiger partial charge in [0.25, 0.3) is 0 Å². The molecule has 1 saturated heterocycles. The minimum Gasteiger partial charge on any atom is -0.496 e. The number of nitrogens with zero attached hydrogens (tertiary/aromatic N) is 1. The highest BCUT2D eigenvalue weighted by atomic mass is 32.2. The lowest BCUT2D eigenvalue weighted by Gasteiger charge is -2.16. The highest BCUT2D eigenvalue weighted by molar-refractivity contribution is 7.90. The minimum atomic E-state index is -3.57. The van der Waals surface area contributed by atoms with Gasteiger partial charge in [-0.05, 0) is 18.2 Å². The largest absolute Gasteiger partial charge is 0.496 e. The second-order valence-corrected chi connectivity index (χ2v) is 5.94. The van der Waals surface area contributed by atoms with Crippen molar-refractivity contribution in [2.24, 2.45) is 0 Å². The van der Waals surface area contributed by atoms with Crippen LogP contribution in [-0.4, -0.2) is 31.5 Å². The van der Waals surface area contributed by atoms with Crippen molar-refractivity contribution in [2.45, 2.75) is 13.0 Å². The number of hydrogen-bond acceptors (Lipinski definition) is 4. The molecule has 1 aliphatic heterocycles. The van der Waals surface area contributed by atoms with Crippen molar-refractivity contribution < 1.29 is 22.3 Å². The summed E-state index contributed by atoms with van der Waals surface area (Å²) in [5.74, 6) is -0.814. The quantitative estimate of drug-likeness (QED) is 0.820. The van der Waals surface area contributed by atoms with E-state index in [4.69, 9.17) is 4.74 Å². The van der Waals surface area contributed by atoms with Gasteiger partial charge in [-0.1, -0.05) is 0 Å². The van der Waals surface area contributed by atoms with Crippen LogP contribution in [0.1, 0.15) is 12.0 Å². The number of carbonyl (C=O) groups excluding carboxylic acids is 1. The van der Waals surface area contributed by atoms with Gasteiger partial charge in [-0.25, -0.2) is 17.1 Å². The lowest BCUT2D eigenvalue weighted by atomic mass is 10.2. The smallest absolute Gasteiger partial charge is 0.238 e. The number of amides is 1. The Balaban J connectivity index is 2.34. The Kier molecular flexibility index (Phi) is 3.25. The van der Waals surface area contributed by atoms with E-state index in [0.29, 0.717) is 11.3 Å². The van der Waals surface area contributed by atoms with E-state index in [0.717, 1.165) is 4.31 Å². The molecule has 98 valence electrons. The molecule has 0 bridgehead atoms. The van der Waals surface area contributed by atoms with E-state index >= 15 is 0 Å². The van der Waals surface area contributed by atoms with Gasteiger partial charge in [0.2, 0.25) is 15.9 Å². The Labute approximate surface area is 104 Å². The van der Waals surface area contributed by atoms with Crippen molar-refractivity contribution in [1.82, 2.24) is 4.31 Å². The minimum absolute atomic E-state index is 0.0278. The fourth-order valence-corrected chi connectivity index (χ4v) is 3.21. The van der Waals surface area contributed by atoms with Crippen LogP contribution in [0.2, 0.25) is 0 Å². The molecule has 0 spiro atoms. The number of sulfonamides is 1. The van der Waals surface area contributed by atoms with Crippen molar-refractivity contribution in [1.29, 1.82) is 0 Å². The number of halogens is 1. The number of ether oxygens (including phenoxy) is 1. The standard InChI is InChI=1S/C11H12FNO4S/c1-17-10-3-2-9(12)6-8(10)7-13-11(14)4-5-18(13,15)16/h2-3,6H,4-5,7H2,1H3. The molecule has 0 aliphatic carbocycles. The average molecular weight is 273 g/mol. The first-order chi connectivity index (χ1) is 8.44. The zero-order valence-electron chi connectivity index (χ0n) is 9.72. The molecule has 0 aromatic heterocycles. The van der Waals surface area contributed by atoms with Gasteiger partial charge in [-0.2, -0.15) is 0 Å². The first kappa shape index (κ1) is 12.8. The Hall–Kier alpha value is -1.63. The van der Waals surface area contributed by atoms with Gasteiger partial charge in [-0.15, -0.1) is 0 Å². The van der Waals surface area contributed by atoms with Crippen LogP contribution in [-0.2, 0) is 21.4 Å². The monoisotopic (exact) mass is 273 g/mol. The molecule has 5 nitrogen and oxygen atoms in total. The summed E-state index contributed by atoms with van der Waals surface area (Å²) >= 11 is 0. The van der Waals surface area contributed by atoms with Crippen molar-refractivity contribution in [3.8, 4) is 5.75 Å². The zero-order valence-corrected chi connectivity index (χ0v) is 10.5. The van der Waals surface area contributed by atoms with Crippen LogP contribution in [0, 0.1) is 5.82 Å². The van der Waals surface area contributed by atoms with Gasteiger partial charge in [0.05, 0.1) is 19.4 Å². The second kappa shape index (κ2) is 4.56. The van der Waals surface area contributed by atoms with Crippen LogP contribution in [0.15, 0.2) is 18.2 Å². The molecule has 7 heteroatoms. The highest BCUT2D eigenvalue weighted by Gasteiger charge is 2.35. The van der Waals surface area contributed by atoms with E-state index in [2.05, 4.69) is 0 Å². The summed E-state index contributed by atoms with van der Waals surface area (Å²) in [6, 6.07) is 3.78. The number of benzene rings is 1. The molecule has 1 aromatic carbocycles. The van der Waals surface area contributed by atoms with Gasteiger partial charge < -0.3 is 4.74 Å². The normalized spacial score (nSPS) is 18.1. The van der Waals surface area contributed by atoms with Crippen LogP contribution in [0.4, 0.5) is 4.39 Å². The lowest BCUT2D eigenvalue weighted by molar-refractivity contribution is -0.125. The number of methoxy groups -OCH3 is 1. The summed E-state index contributed by atoms with van der Waals surface area (Å²) in [6.07, 6.45) is -0.0278. The zero-order chi connectivity index (χ0) is 13.3. The Morgan fingerprint density at radius 1 is 1.44 bits per heavy atom. The summed E-state index contributed by atoms with van der Waals surface area (Å²) in [6.45, 7) is -0.192. The molecule has 0 atom stereocenters. The predicted octanol–water partition coefficient (Wildman–Crippen LogP) is 0.896. The summed E-state index contributed by atoms with van der Waals surface area (Å²) in [5, 5.41) is 0. The molecule has 1 aromatic rings. The molecular formula is C11H12FNO4S. The van der Waals surface area contributed by atoms with Gasteiger partial charge >= 0.3 is 0 Å². The topological polar surface area (TPSA) is 63.7 Å². The molecule has 18 heavy (non-hydrogen) atoms. The van der Waals surface area contributed by atoms with Gasteiger partial charge in [0.15, 0.2) is 0 Å². The number of hydrogen-bond donors (Lipinski definition) is 0. The molecule has 1 fully saturated rings. The molecule has 0 saturated carbocycles. The Morgan fingerprint density at radius 3 is 2.72 bits per heavy atom. The molecule has 2 rings (SSSR count). The predicted molar refractivity (Wildman–Crippen MR) is 61.9 cm³/mol. The molecule has 1 amide bonds. The molecule has 0 radical (unpaired) electrons. The molecule has 1 aliphatic rings. The van der Waals surface area contributed by atoms with Crippen LogP contribution >= 0.6 is 0 Å². The summed E-state index contributed by atoms with van der Waals surface area (Å²) in [4.78, 5) is 11.5. The summed E-state index contributed by atoms with van der Waals surface area (Å²) in [5.41, 5.74) is 0.330. The van der Waals surface area contributed by atoms with Crippen molar-refractivity contribution in [2.75, 3.05) is 12.9 Å². The fourth-order valence-electron chi connectivity index (χ4n) is 1.82. The van der Waals surface area contributed by atoms with E-state index in [9.17, 15) is 17.6 Å². The summed E-state index contributed by atoms with van der Waals surface area (Å²) < 4.78 is 42.2. The maximum absolute atomic E-state index is 13.1. The number of carbonyl (C=O) groups is 1. The Morgan fingerprint density at radius 2 is 2.17 bits per heavy atom. The third-order valence-electron chi connectivity index (χ3n) is 2.74. The fraction of sp³-hybridized carbons (Fsp3) is 0.364. The maximum atomic E-state index is 13.1. The van der Waals surface area contributed by atoms with Crippen molar-refractivity contribution in [3.05, 3.63) is 29.6 Å². The second-order valence-electron chi connectivity index (χ2n) is 3.92. The third-order valence-corrected chi connectivity index (χ3v) is 4.47. The molecule has 0 N–H and O–H groups in total. The molecule has 0 unspecified atom stereocenters. The average Bonchev–Trinajstić information content (AvgIpc) is 2.56. The van der Waals surface area contributed by atoms with E-state index < -0.39 is 21.7 Å². The molecule has 1 heterocycles. The van der Waals surface area contributed by atoms with Crippen LogP contribution in [0.3, 0.4) is 0 Å². The van der Waals surface area contributed by atoms with Crippen molar-refractivity contribution >= 4 is 15.9 Å². The summed E-state index contributed by atoms with van der Waals surface area (Å²) in [7, 11) is -2.17. The van der Waals surface area contributed by atoms with Gasteiger partial charge in [-0.3, -0.25) is 4.79 Å². The maximum Gasteiger partial charge on any atom is 0.238 e. The van der Waals surface area contributed by atoms with E-state index in [1.54, 1.807) is 0 Å². The highest BCUT2D eigenvalue weighted by Crippen LogP contribution is 2.25. The number of rotatable bonds is 3. The lowest BCUT2D eigenvalue weighted by Crippen LogP contribution is -2.29. The van der Waals surface area contributed by atoms with Crippen LogP contribution in [0.5, 0.6) is 5.75 Å². The van der Waals surface area contributed by atoms with Gasteiger partial charge in [0, 0.05) is 12.0 Å². The van der Waals surface area contributed by atoms with Gasteiger partial charge in [0.1, 0.15) is 11.6 Å². The molecular weight excluding hydrogens is 261 g/mol. The first-order valence-corrected chi connectivity index (χ1v) is 6.90. The van der Waals surface area contributed by atoms with Crippen molar-refractivity contribution in [3.63, 3.8) is 0 Å². The van der Waals surface area contributed by atoms with Crippen LogP contribution in [0.25, 0.3) is 0 Å². The SMILES string of the molecule is COc1ccc(F)cc1CN1C(=O)CCS1(=O)=O.